The van der Waals surface area contributed by atoms with Gasteiger partial charge in [-0.1, -0.05) is 43.1 Å². The fraction of sp³-hybridized carbons (Fsp3) is 0.148. The van der Waals surface area contributed by atoms with Gasteiger partial charge < -0.3 is 14.8 Å². The summed E-state index contributed by atoms with van der Waals surface area (Å²) in [5, 5.41) is 2.66. The van der Waals surface area contributed by atoms with Crippen molar-refractivity contribution in [2.45, 2.75) is 19.8 Å². The van der Waals surface area contributed by atoms with E-state index >= 15 is 0 Å². The van der Waals surface area contributed by atoms with E-state index in [1.54, 1.807) is 60.7 Å². The van der Waals surface area contributed by atoms with E-state index in [2.05, 4.69) is 12.2 Å². The first-order chi connectivity index (χ1) is 16.9. The van der Waals surface area contributed by atoms with Gasteiger partial charge in [0.2, 0.25) is 0 Å². The molecule has 1 aliphatic heterocycles. The van der Waals surface area contributed by atoms with Crippen LogP contribution < -0.4 is 19.7 Å². The molecule has 1 heterocycles. The zero-order valence-electron chi connectivity index (χ0n) is 19.2. The second kappa shape index (κ2) is 10.4. The number of anilines is 2. The fourth-order valence-electron chi connectivity index (χ4n) is 3.61. The Hall–Kier alpha value is -4.10. The summed E-state index contributed by atoms with van der Waals surface area (Å²) < 4.78 is 10.6. The van der Waals surface area contributed by atoms with Gasteiger partial charge in [0.05, 0.1) is 18.4 Å². The molecule has 0 aromatic heterocycles. The summed E-state index contributed by atoms with van der Waals surface area (Å²) in [5.74, 6) is -0.782. The topological polar surface area (TPSA) is 84.9 Å². The number of hydrogen-bond donors (Lipinski definition) is 1. The van der Waals surface area contributed by atoms with Gasteiger partial charge in [-0.05, 0) is 60.5 Å². The third-order valence-electron chi connectivity index (χ3n) is 5.40. The maximum absolute atomic E-state index is 13.0. The highest BCUT2D eigenvalue weighted by atomic mass is 35.5. The third kappa shape index (κ3) is 5.20. The molecule has 3 aromatic rings. The standard InChI is InChI=1S/C27H23ClN2O5/c1-3-5-17-8-14-21(15-9-17)35-27(33)18-10-12-19(13-11-18)29-24-23(28)25(31)30(26(24)32)20-6-4-7-22(16-20)34-2/h4,6-16,29H,3,5H2,1-2H3. The fourth-order valence-corrected chi connectivity index (χ4v) is 3.82. The molecule has 0 spiro atoms. The average Bonchev–Trinajstić information content (AvgIpc) is 3.08. The molecule has 7 nitrogen and oxygen atoms in total. The highest BCUT2D eigenvalue weighted by Gasteiger charge is 2.39. The van der Waals surface area contributed by atoms with E-state index in [9.17, 15) is 14.4 Å². The molecule has 4 rings (SSSR count). The molecule has 3 aromatic carbocycles. The second-order valence-electron chi connectivity index (χ2n) is 7.82. The lowest BCUT2D eigenvalue weighted by molar-refractivity contribution is -0.120. The van der Waals surface area contributed by atoms with E-state index in [-0.39, 0.29) is 10.7 Å². The summed E-state index contributed by atoms with van der Waals surface area (Å²) in [6.07, 6.45) is 2.01. The van der Waals surface area contributed by atoms with Gasteiger partial charge in [0.15, 0.2) is 0 Å². The molecular formula is C27H23ClN2O5. The zero-order valence-corrected chi connectivity index (χ0v) is 20.0. The van der Waals surface area contributed by atoms with Crippen LogP contribution in [0.4, 0.5) is 11.4 Å². The van der Waals surface area contributed by atoms with E-state index in [0.29, 0.717) is 28.4 Å². The number of ether oxygens (including phenoxy) is 2. The number of nitrogens with zero attached hydrogens (tertiary/aromatic N) is 1. The Morgan fingerprint density at radius 3 is 2.31 bits per heavy atom. The highest BCUT2D eigenvalue weighted by molar-refractivity contribution is 6.53. The van der Waals surface area contributed by atoms with Crippen molar-refractivity contribution in [2.75, 3.05) is 17.3 Å². The molecule has 35 heavy (non-hydrogen) atoms. The summed E-state index contributed by atoms with van der Waals surface area (Å²) in [7, 11) is 1.49. The summed E-state index contributed by atoms with van der Waals surface area (Å²) in [6, 6.07) is 20.3. The lowest BCUT2D eigenvalue weighted by Crippen LogP contribution is -2.32. The van der Waals surface area contributed by atoms with Gasteiger partial charge in [0.25, 0.3) is 11.8 Å². The minimum absolute atomic E-state index is 0.0537. The Morgan fingerprint density at radius 2 is 1.66 bits per heavy atom. The summed E-state index contributed by atoms with van der Waals surface area (Å²) in [6.45, 7) is 2.11. The molecule has 0 atom stereocenters. The maximum Gasteiger partial charge on any atom is 0.343 e. The molecule has 0 radical (unpaired) electrons. The lowest BCUT2D eigenvalue weighted by atomic mass is 10.1. The van der Waals surface area contributed by atoms with E-state index < -0.39 is 17.8 Å². The number of esters is 1. The summed E-state index contributed by atoms with van der Waals surface area (Å²) in [4.78, 5) is 39.1. The Morgan fingerprint density at radius 1 is 0.943 bits per heavy atom. The van der Waals surface area contributed by atoms with Crippen molar-refractivity contribution in [2.24, 2.45) is 0 Å². The SMILES string of the molecule is CCCc1ccc(OC(=O)c2ccc(NC3=C(Cl)C(=O)N(c4cccc(OC)c4)C3=O)cc2)cc1. The van der Waals surface area contributed by atoms with E-state index in [0.717, 1.165) is 17.7 Å². The second-order valence-corrected chi connectivity index (χ2v) is 8.20. The van der Waals surface area contributed by atoms with Gasteiger partial charge in [0, 0.05) is 11.8 Å². The molecule has 0 saturated heterocycles. The first kappa shape index (κ1) is 24.0. The van der Waals surface area contributed by atoms with Crippen LogP contribution in [-0.4, -0.2) is 24.9 Å². The highest BCUT2D eigenvalue weighted by Crippen LogP contribution is 2.31. The van der Waals surface area contributed by atoms with Crippen LogP contribution in [0.25, 0.3) is 0 Å². The van der Waals surface area contributed by atoms with Crippen LogP contribution in [0.15, 0.2) is 83.5 Å². The number of hydrogen-bond acceptors (Lipinski definition) is 6. The zero-order chi connectivity index (χ0) is 24.9. The minimum Gasteiger partial charge on any atom is -0.497 e. The number of methoxy groups -OCH3 is 1. The van der Waals surface area contributed by atoms with Crippen molar-refractivity contribution in [1.29, 1.82) is 0 Å². The largest absolute Gasteiger partial charge is 0.497 e. The first-order valence-corrected chi connectivity index (χ1v) is 11.4. The Labute approximate surface area is 207 Å². The van der Waals surface area contributed by atoms with Gasteiger partial charge in [0.1, 0.15) is 22.2 Å². The van der Waals surface area contributed by atoms with Gasteiger partial charge in [-0.2, -0.15) is 0 Å². The van der Waals surface area contributed by atoms with Crippen molar-refractivity contribution in [3.63, 3.8) is 0 Å². The van der Waals surface area contributed by atoms with Crippen molar-refractivity contribution in [3.8, 4) is 11.5 Å². The van der Waals surface area contributed by atoms with Gasteiger partial charge in [-0.3, -0.25) is 9.59 Å². The summed E-state index contributed by atoms with van der Waals surface area (Å²) in [5.41, 5.74) is 2.28. The van der Waals surface area contributed by atoms with Crippen LogP contribution >= 0.6 is 11.6 Å². The van der Waals surface area contributed by atoms with Crippen molar-refractivity contribution < 1.29 is 23.9 Å². The van der Waals surface area contributed by atoms with Crippen LogP contribution in [0, 0.1) is 0 Å². The lowest BCUT2D eigenvalue weighted by Gasteiger charge is -2.16. The molecule has 0 unspecified atom stereocenters. The maximum atomic E-state index is 13.0. The van der Waals surface area contributed by atoms with Gasteiger partial charge >= 0.3 is 5.97 Å². The van der Waals surface area contributed by atoms with Crippen molar-refractivity contribution in [3.05, 3.63) is 94.7 Å². The Balaban J connectivity index is 1.44. The number of rotatable bonds is 8. The Kier molecular flexibility index (Phi) is 7.17. The predicted molar refractivity (Wildman–Crippen MR) is 134 cm³/mol. The molecule has 8 heteroatoms. The molecule has 1 aliphatic rings. The number of aryl methyl sites for hydroxylation is 1. The quantitative estimate of drug-likeness (QED) is 0.262. The first-order valence-electron chi connectivity index (χ1n) is 11.0. The number of carbonyl (C=O) groups excluding carboxylic acids is 3. The van der Waals surface area contributed by atoms with Crippen LogP contribution in [0.5, 0.6) is 11.5 Å². The molecule has 0 bridgehead atoms. The monoisotopic (exact) mass is 490 g/mol. The van der Waals surface area contributed by atoms with Crippen LogP contribution in [-0.2, 0) is 16.0 Å². The van der Waals surface area contributed by atoms with E-state index in [1.165, 1.54) is 12.7 Å². The van der Waals surface area contributed by atoms with E-state index in [4.69, 9.17) is 21.1 Å². The molecular weight excluding hydrogens is 468 g/mol. The smallest absolute Gasteiger partial charge is 0.343 e. The number of amides is 2. The molecule has 1 N–H and O–H groups in total. The molecule has 178 valence electrons. The van der Waals surface area contributed by atoms with Gasteiger partial charge in [-0.25, -0.2) is 9.69 Å². The number of halogens is 1. The van der Waals surface area contributed by atoms with Crippen LogP contribution in [0.3, 0.4) is 0 Å². The number of imide groups is 1. The number of nitrogens with one attached hydrogen (secondary N) is 1. The van der Waals surface area contributed by atoms with Crippen molar-refractivity contribution >= 4 is 40.8 Å². The molecule has 0 aliphatic carbocycles. The van der Waals surface area contributed by atoms with Crippen LogP contribution in [0.2, 0.25) is 0 Å². The normalized spacial score (nSPS) is 13.3. The minimum atomic E-state index is -0.641. The van der Waals surface area contributed by atoms with Crippen LogP contribution in [0.1, 0.15) is 29.3 Å². The van der Waals surface area contributed by atoms with Crippen molar-refractivity contribution in [1.82, 2.24) is 0 Å². The van der Waals surface area contributed by atoms with Gasteiger partial charge in [-0.15, -0.1) is 0 Å². The Bertz CT molecular complexity index is 1300. The summed E-state index contributed by atoms with van der Waals surface area (Å²) >= 11 is 6.19. The van der Waals surface area contributed by atoms with E-state index in [1.807, 2.05) is 12.1 Å². The molecule has 0 fully saturated rings. The predicted octanol–water partition coefficient (Wildman–Crippen LogP) is 5.30. The average molecular weight is 491 g/mol. The number of carbonyl (C=O) groups is 3. The third-order valence-corrected chi connectivity index (χ3v) is 5.75. The number of benzene rings is 3. The molecule has 2 amide bonds. The molecule has 0 saturated carbocycles.